The van der Waals surface area contributed by atoms with Crippen LogP contribution in [-0.2, 0) is 17.7 Å². The second-order valence-electron chi connectivity index (χ2n) is 8.71. The van der Waals surface area contributed by atoms with Crippen molar-refractivity contribution in [2.75, 3.05) is 39.6 Å². The zero-order valence-corrected chi connectivity index (χ0v) is 21.5. The van der Waals surface area contributed by atoms with Crippen molar-refractivity contribution >= 4 is 25.2 Å². The maximum absolute atomic E-state index is 8.78. The second kappa shape index (κ2) is 14.4. The molecule has 164 valence electrons. The quantitative estimate of drug-likeness (QED) is 0.250. The van der Waals surface area contributed by atoms with Crippen LogP contribution in [0.25, 0.3) is 0 Å². The highest BCUT2D eigenvalue weighted by atomic mass is 28.5. The lowest BCUT2D eigenvalue weighted by molar-refractivity contribution is 0.134. The van der Waals surface area contributed by atoms with E-state index in [1.165, 1.54) is 0 Å². The Bertz CT molecular complexity index is 335. The van der Waals surface area contributed by atoms with Gasteiger partial charge in [0.2, 0.25) is 0 Å². The second-order valence-corrected chi connectivity index (χ2v) is 21.2. The Morgan fingerprint density at radius 1 is 0.556 bits per heavy atom. The molecule has 27 heavy (non-hydrogen) atoms. The minimum Gasteiger partial charge on any atom is -0.436 e. The summed E-state index contributed by atoms with van der Waals surface area (Å²) in [6.07, 6.45) is 3.42. The fourth-order valence-electron chi connectivity index (χ4n) is 2.93. The van der Waals surface area contributed by atoms with Crippen molar-refractivity contribution < 1.29 is 27.9 Å². The van der Waals surface area contributed by atoms with E-state index < -0.39 is 25.2 Å². The molecule has 2 N–H and O–H groups in total. The summed E-state index contributed by atoms with van der Waals surface area (Å²) in [5.41, 5.74) is 0. The molecule has 9 heteroatoms. The lowest BCUT2D eigenvalue weighted by atomic mass is 10.3. The van der Waals surface area contributed by atoms with Crippen LogP contribution in [0.1, 0.15) is 25.7 Å². The number of aliphatic hydroxyl groups is 2. The molecule has 0 rings (SSSR count). The van der Waals surface area contributed by atoms with Gasteiger partial charge < -0.3 is 27.9 Å². The van der Waals surface area contributed by atoms with Crippen LogP contribution in [-0.4, -0.2) is 75.1 Å². The van der Waals surface area contributed by atoms with Crippen molar-refractivity contribution in [1.29, 1.82) is 0 Å². The monoisotopic (exact) mass is 440 g/mol. The minimum atomic E-state index is -2.19. The van der Waals surface area contributed by atoms with E-state index in [4.69, 9.17) is 27.9 Å². The van der Waals surface area contributed by atoms with Crippen molar-refractivity contribution in [3.8, 4) is 0 Å². The van der Waals surface area contributed by atoms with Gasteiger partial charge in [0.15, 0.2) is 16.6 Å². The normalized spacial score (nSPS) is 13.3. The molecule has 0 saturated carbocycles. The zero-order chi connectivity index (χ0) is 20.8. The fourth-order valence-corrected chi connectivity index (χ4v) is 16.2. The summed E-state index contributed by atoms with van der Waals surface area (Å²) >= 11 is 0. The van der Waals surface area contributed by atoms with E-state index in [0.717, 1.165) is 51.0 Å². The molecule has 0 aromatic carbocycles. The Balaban J connectivity index is 4.17. The van der Waals surface area contributed by atoms with Gasteiger partial charge in [-0.15, -0.1) is 0 Å². The molecule has 0 aliphatic rings. The van der Waals surface area contributed by atoms with Gasteiger partial charge in [0.1, 0.15) is 0 Å². The zero-order valence-electron chi connectivity index (χ0n) is 18.5. The molecule has 0 aliphatic heterocycles. The Morgan fingerprint density at radius 3 is 1.26 bits per heavy atom. The van der Waals surface area contributed by atoms with Crippen LogP contribution in [0, 0.1) is 0 Å². The van der Waals surface area contributed by atoms with Gasteiger partial charge in [-0.1, -0.05) is 0 Å². The standard InChI is InChI=1S/C18H44O6Si3/c1-25(2,17-15-21-13-9-7-11-19)23-27(5,6)24-26(3,4)18-16-22-14-10-8-12-20/h19-20H,7-18H2,1-6H3. The lowest BCUT2D eigenvalue weighted by Gasteiger charge is -2.38. The third-order valence-electron chi connectivity index (χ3n) is 4.13. The van der Waals surface area contributed by atoms with Gasteiger partial charge >= 0.3 is 8.56 Å². The van der Waals surface area contributed by atoms with Crippen LogP contribution in [0.5, 0.6) is 0 Å². The Kier molecular flexibility index (Phi) is 14.6. The van der Waals surface area contributed by atoms with E-state index in [-0.39, 0.29) is 13.2 Å². The predicted molar refractivity (Wildman–Crippen MR) is 119 cm³/mol. The van der Waals surface area contributed by atoms with E-state index in [2.05, 4.69) is 39.3 Å². The SMILES string of the molecule is C[Si](C)(CCOCCCCO)O[Si](C)(C)O[Si](C)(C)CCOCCCCO. The van der Waals surface area contributed by atoms with Gasteiger partial charge in [0.05, 0.1) is 0 Å². The fraction of sp³-hybridized carbons (Fsp3) is 1.00. The summed E-state index contributed by atoms with van der Waals surface area (Å²) in [6.45, 7) is 16.6. The molecule has 0 bridgehead atoms. The Labute approximate surface area is 170 Å². The lowest BCUT2D eigenvalue weighted by Crippen LogP contribution is -2.52. The van der Waals surface area contributed by atoms with Crippen molar-refractivity contribution in [2.24, 2.45) is 0 Å². The van der Waals surface area contributed by atoms with E-state index in [1.807, 2.05) is 0 Å². The van der Waals surface area contributed by atoms with Gasteiger partial charge in [-0.05, 0) is 77.1 Å². The smallest absolute Gasteiger partial charge is 0.311 e. The first-order valence-corrected chi connectivity index (χ1v) is 19.4. The molecule has 0 unspecified atom stereocenters. The van der Waals surface area contributed by atoms with Crippen LogP contribution in [0.15, 0.2) is 0 Å². The van der Waals surface area contributed by atoms with E-state index in [9.17, 15) is 0 Å². The predicted octanol–water partition coefficient (Wildman–Crippen LogP) is 3.71. The molecular weight excluding hydrogens is 396 g/mol. The maximum Gasteiger partial charge on any atom is 0.311 e. The van der Waals surface area contributed by atoms with Crippen molar-refractivity contribution in [3.05, 3.63) is 0 Å². The molecule has 0 atom stereocenters. The topological polar surface area (TPSA) is 77.4 Å². The summed E-state index contributed by atoms with van der Waals surface area (Å²) < 4.78 is 24.5. The average Bonchev–Trinajstić information content (AvgIpc) is 2.51. The highest BCUT2D eigenvalue weighted by Gasteiger charge is 2.39. The maximum atomic E-state index is 8.78. The summed E-state index contributed by atoms with van der Waals surface area (Å²) in [6, 6.07) is 1.92. The summed E-state index contributed by atoms with van der Waals surface area (Å²) in [5.74, 6) is 0. The van der Waals surface area contributed by atoms with Crippen molar-refractivity contribution in [3.63, 3.8) is 0 Å². The first-order valence-electron chi connectivity index (χ1n) is 10.3. The van der Waals surface area contributed by atoms with Crippen LogP contribution < -0.4 is 0 Å². The molecule has 0 amide bonds. The van der Waals surface area contributed by atoms with Crippen LogP contribution >= 0.6 is 0 Å². The van der Waals surface area contributed by atoms with Crippen molar-refractivity contribution in [2.45, 2.75) is 77.1 Å². The molecule has 0 radical (unpaired) electrons. The third-order valence-corrected chi connectivity index (χ3v) is 15.3. The van der Waals surface area contributed by atoms with E-state index >= 15 is 0 Å². The average molecular weight is 441 g/mol. The number of rotatable bonds is 18. The van der Waals surface area contributed by atoms with E-state index in [0.29, 0.717) is 13.2 Å². The number of aliphatic hydroxyl groups excluding tert-OH is 2. The van der Waals surface area contributed by atoms with Gasteiger partial charge in [0.25, 0.3) is 0 Å². The molecule has 6 nitrogen and oxygen atoms in total. The summed E-state index contributed by atoms with van der Waals surface area (Å²) in [4.78, 5) is 0. The highest BCUT2D eigenvalue weighted by Crippen LogP contribution is 2.24. The summed E-state index contributed by atoms with van der Waals surface area (Å²) in [5, 5.41) is 17.6. The first-order chi connectivity index (χ1) is 12.5. The summed E-state index contributed by atoms with van der Waals surface area (Å²) in [7, 11) is -5.85. The number of unbranched alkanes of at least 4 members (excludes halogenated alkanes) is 2. The molecule has 0 spiro atoms. The number of hydrogen-bond acceptors (Lipinski definition) is 6. The molecule has 0 saturated heterocycles. The Hall–Kier alpha value is 0.411. The Morgan fingerprint density at radius 2 is 0.926 bits per heavy atom. The molecule has 0 aliphatic carbocycles. The van der Waals surface area contributed by atoms with Gasteiger partial charge in [0, 0.05) is 39.6 Å². The van der Waals surface area contributed by atoms with Crippen LogP contribution in [0.3, 0.4) is 0 Å². The molecular formula is C18H44O6Si3. The molecule has 0 aromatic rings. The van der Waals surface area contributed by atoms with Crippen molar-refractivity contribution in [1.82, 2.24) is 0 Å². The van der Waals surface area contributed by atoms with Gasteiger partial charge in [-0.25, -0.2) is 0 Å². The largest absolute Gasteiger partial charge is 0.436 e. The molecule has 0 fully saturated rings. The van der Waals surface area contributed by atoms with Crippen LogP contribution in [0.2, 0.25) is 51.4 Å². The first kappa shape index (κ1) is 27.4. The molecule has 0 heterocycles. The number of hydrogen-bond donors (Lipinski definition) is 2. The van der Waals surface area contributed by atoms with Gasteiger partial charge in [-0.2, -0.15) is 0 Å². The van der Waals surface area contributed by atoms with E-state index in [1.54, 1.807) is 0 Å². The third kappa shape index (κ3) is 17.0. The molecule has 0 aromatic heterocycles. The number of ether oxygens (including phenoxy) is 2. The minimum absolute atomic E-state index is 0.233. The van der Waals surface area contributed by atoms with Gasteiger partial charge in [-0.3, -0.25) is 0 Å². The highest BCUT2D eigenvalue weighted by molar-refractivity contribution is 6.87. The van der Waals surface area contributed by atoms with Crippen LogP contribution in [0.4, 0.5) is 0 Å².